The molecule has 0 spiro atoms. The monoisotopic (exact) mass is 244 g/mol. The van der Waals surface area contributed by atoms with Crippen molar-refractivity contribution < 1.29 is 19.4 Å². The van der Waals surface area contributed by atoms with Crippen molar-refractivity contribution in [3.05, 3.63) is 48.5 Å². The predicted molar refractivity (Wildman–Crippen MR) is 69.2 cm³/mol. The summed E-state index contributed by atoms with van der Waals surface area (Å²) in [5.41, 5.74) is 1.57. The van der Waals surface area contributed by atoms with Crippen LogP contribution < -0.4 is 9.39 Å². The molecular formula is C13H13BO4. The van der Waals surface area contributed by atoms with E-state index in [9.17, 15) is 0 Å². The highest BCUT2D eigenvalue weighted by Gasteiger charge is 2.16. The van der Waals surface area contributed by atoms with Crippen LogP contribution in [0.15, 0.2) is 48.5 Å². The van der Waals surface area contributed by atoms with Crippen LogP contribution in [-0.4, -0.2) is 24.5 Å². The summed E-state index contributed by atoms with van der Waals surface area (Å²) in [5.74, 6) is 1.08. The summed E-state index contributed by atoms with van der Waals surface area (Å²) in [4.78, 5) is 0. The van der Waals surface area contributed by atoms with Crippen LogP contribution in [0.5, 0.6) is 11.5 Å². The van der Waals surface area contributed by atoms with Gasteiger partial charge in [-0.2, -0.15) is 0 Å². The van der Waals surface area contributed by atoms with Gasteiger partial charge in [-0.25, -0.2) is 0 Å². The lowest BCUT2D eigenvalue weighted by molar-refractivity contribution is 0.288. The lowest BCUT2D eigenvalue weighted by Gasteiger charge is -2.13. The maximum Gasteiger partial charge on any atom is 0.707 e. The SMILES string of the molecule is COc1ccccc1-c1ccccc1OB(O)O. The molecule has 2 aromatic carbocycles. The van der Waals surface area contributed by atoms with E-state index in [1.807, 2.05) is 36.4 Å². The zero-order valence-corrected chi connectivity index (χ0v) is 9.91. The molecule has 0 unspecified atom stereocenters. The first-order chi connectivity index (χ1) is 8.72. The van der Waals surface area contributed by atoms with Crippen molar-refractivity contribution in [3.8, 4) is 22.6 Å². The molecule has 0 aliphatic heterocycles. The number of methoxy groups -OCH3 is 1. The van der Waals surface area contributed by atoms with Crippen molar-refractivity contribution in [1.29, 1.82) is 0 Å². The minimum Gasteiger partial charge on any atom is -0.512 e. The smallest absolute Gasteiger partial charge is 0.512 e. The average Bonchev–Trinajstić information content (AvgIpc) is 2.39. The Morgan fingerprint density at radius 1 is 0.833 bits per heavy atom. The Morgan fingerprint density at radius 3 is 1.89 bits per heavy atom. The molecule has 0 bridgehead atoms. The van der Waals surface area contributed by atoms with E-state index in [1.54, 1.807) is 19.2 Å². The molecule has 0 aliphatic carbocycles. The molecule has 0 fully saturated rings. The Balaban J connectivity index is 2.49. The lowest BCUT2D eigenvalue weighted by atomic mass is 10.0. The van der Waals surface area contributed by atoms with Gasteiger partial charge in [0.05, 0.1) is 7.11 Å². The Bertz CT molecular complexity index is 528. The van der Waals surface area contributed by atoms with Crippen LogP contribution in [0.25, 0.3) is 11.1 Å². The quantitative estimate of drug-likeness (QED) is 0.804. The molecule has 2 rings (SSSR count). The van der Waals surface area contributed by atoms with Crippen LogP contribution in [0.4, 0.5) is 0 Å². The Hall–Kier alpha value is -1.98. The minimum atomic E-state index is -1.85. The molecule has 0 aromatic heterocycles. The topological polar surface area (TPSA) is 58.9 Å². The number of hydrogen-bond acceptors (Lipinski definition) is 4. The highest BCUT2D eigenvalue weighted by Crippen LogP contribution is 2.35. The van der Waals surface area contributed by atoms with Gasteiger partial charge in [-0.1, -0.05) is 36.4 Å². The third-order valence-corrected chi connectivity index (χ3v) is 2.52. The summed E-state index contributed by atoms with van der Waals surface area (Å²) in [6, 6.07) is 14.6. The van der Waals surface area contributed by atoms with Gasteiger partial charge in [-0.3, -0.25) is 0 Å². The summed E-state index contributed by atoms with van der Waals surface area (Å²) in [5, 5.41) is 17.8. The van der Waals surface area contributed by atoms with Gasteiger partial charge in [0.2, 0.25) is 0 Å². The number of rotatable bonds is 4. The van der Waals surface area contributed by atoms with Crippen molar-refractivity contribution in [2.45, 2.75) is 0 Å². The summed E-state index contributed by atoms with van der Waals surface area (Å²) in [6.07, 6.45) is 0. The van der Waals surface area contributed by atoms with Crippen LogP contribution in [-0.2, 0) is 0 Å². The molecule has 2 N–H and O–H groups in total. The standard InChI is InChI=1S/C13H13BO4/c1-17-12-8-4-2-6-10(12)11-7-3-5-9-13(11)18-14(15)16/h2-9,15-16H,1H3. The van der Waals surface area contributed by atoms with E-state index < -0.39 is 7.32 Å². The fourth-order valence-electron chi connectivity index (χ4n) is 1.77. The zero-order chi connectivity index (χ0) is 13.0. The number of ether oxygens (including phenoxy) is 1. The maximum atomic E-state index is 8.91. The van der Waals surface area contributed by atoms with Gasteiger partial charge >= 0.3 is 7.32 Å². The molecule has 0 heterocycles. The van der Waals surface area contributed by atoms with Crippen molar-refractivity contribution in [2.75, 3.05) is 7.11 Å². The van der Waals surface area contributed by atoms with Crippen LogP contribution in [0, 0.1) is 0 Å². The van der Waals surface area contributed by atoms with E-state index in [1.165, 1.54) is 0 Å². The predicted octanol–water partition coefficient (Wildman–Crippen LogP) is 1.71. The first-order valence-corrected chi connectivity index (χ1v) is 5.47. The number of benzene rings is 2. The molecule has 92 valence electrons. The summed E-state index contributed by atoms with van der Waals surface area (Å²) in [6.45, 7) is 0. The van der Waals surface area contributed by atoms with E-state index in [2.05, 4.69) is 0 Å². The molecule has 0 amide bonds. The largest absolute Gasteiger partial charge is 0.707 e. The van der Waals surface area contributed by atoms with Gasteiger partial charge in [0.15, 0.2) is 0 Å². The van der Waals surface area contributed by atoms with Crippen LogP contribution in [0.3, 0.4) is 0 Å². The zero-order valence-electron chi connectivity index (χ0n) is 9.91. The minimum absolute atomic E-state index is 0.386. The second-order valence-electron chi connectivity index (χ2n) is 3.64. The van der Waals surface area contributed by atoms with Crippen molar-refractivity contribution in [3.63, 3.8) is 0 Å². The summed E-state index contributed by atoms with van der Waals surface area (Å²) < 4.78 is 10.2. The molecule has 2 aromatic rings. The second-order valence-corrected chi connectivity index (χ2v) is 3.64. The molecule has 0 saturated heterocycles. The third kappa shape index (κ3) is 2.64. The highest BCUT2D eigenvalue weighted by molar-refractivity contribution is 6.34. The van der Waals surface area contributed by atoms with Gasteiger partial charge in [-0.15, -0.1) is 0 Å². The van der Waals surface area contributed by atoms with Gasteiger partial charge in [0.25, 0.3) is 0 Å². The van der Waals surface area contributed by atoms with Crippen molar-refractivity contribution in [1.82, 2.24) is 0 Å². The molecule has 18 heavy (non-hydrogen) atoms. The van der Waals surface area contributed by atoms with Crippen LogP contribution in [0.1, 0.15) is 0 Å². The molecule has 5 heteroatoms. The molecule has 0 atom stereocenters. The number of para-hydroxylation sites is 2. The van der Waals surface area contributed by atoms with Crippen molar-refractivity contribution in [2.24, 2.45) is 0 Å². The van der Waals surface area contributed by atoms with E-state index in [4.69, 9.17) is 19.4 Å². The Labute approximate surface area is 106 Å². The van der Waals surface area contributed by atoms with E-state index in [0.29, 0.717) is 11.5 Å². The second kappa shape index (κ2) is 5.57. The van der Waals surface area contributed by atoms with Gasteiger partial charge < -0.3 is 19.4 Å². The van der Waals surface area contributed by atoms with E-state index in [-0.39, 0.29) is 0 Å². The number of hydrogen-bond donors (Lipinski definition) is 2. The Kier molecular flexibility index (Phi) is 3.87. The van der Waals surface area contributed by atoms with Crippen LogP contribution >= 0.6 is 0 Å². The van der Waals surface area contributed by atoms with Gasteiger partial charge in [0.1, 0.15) is 11.5 Å². The fourth-order valence-corrected chi connectivity index (χ4v) is 1.77. The maximum absolute atomic E-state index is 8.91. The highest BCUT2D eigenvalue weighted by atomic mass is 16.6. The molecular weight excluding hydrogens is 231 g/mol. The Morgan fingerprint density at radius 2 is 1.33 bits per heavy atom. The summed E-state index contributed by atoms with van der Waals surface area (Å²) in [7, 11) is -0.260. The first-order valence-electron chi connectivity index (χ1n) is 5.47. The molecule has 0 aliphatic rings. The lowest BCUT2D eigenvalue weighted by Crippen LogP contribution is -2.20. The van der Waals surface area contributed by atoms with Gasteiger partial charge in [0, 0.05) is 11.1 Å². The fraction of sp³-hybridized carbons (Fsp3) is 0.0769. The third-order valence-electron chi connectivity index (χ3n) is 2.52. The summed E-state index contributed by atoms with van der Waals surface area (Å²) >= 11 is 0. The molecule has 4 nitrogen and oxygen atoms in total. The van der Waals surface area contributed by atoms with E-state index >= 15 is 0 Å². The average molecular weight is 244 g/mol. The van der Waals surface area contributed by atoms with Gasteiger partial charge in [-0.05, 0) is 12.1 Å². The first kappa shape index (κ1) is 12.5. The molecule has 0 saturated carbocycles. The molecule has 0 radical (unpaired) electrons. The van der Waals surface area contributed by atoms with E-state index in [0.717, 1.165) is 11.1 Å². The normalized spacial score (nSPS) is 9.94. The van der Waals surface area contributed by atoms with Crippen molar-refractivity contribution >= 4 is 7.32 Å². The van der Waals surface area contributed by atoms with Crippen LogP contribution in [0.2, 0.25) is 0 Å².